The van der Waals surface area contributed by atoms with Crippen molar-refractivity contribution in [3.63, 3.8) is 0 Å². The Morgan fingerprint density at radius 2 is 1.05 bits per heavy atom. The number of halogens is 6. The molecule has 107 heavy (non-hydrogen) atoms. The van der Waals surface area contributed by atoms with E-state index < -0.39 is 164 Å². The van der Waals surface area contributed by atoms with Crippen LogP contribution in [0.15, 0.2) is 116 Å². The molecular weight excluding hydrogens is 1500 g/mol. The second-order valence-corrected chi connectivity index (χ2v) is 29.1. The van der Waals surface area contributed by atoms with Gasteiger partial charge in [0.05, 0.1) is 58.1 Å². The maximum absolute atomic E-state index is 14.3. The van der Waals surface area contributed by atoms with Gasteiger partial charge in [0.1, 0.15) is 99.8 Å². The smallest absolute Gasteiger partial charge is 0.186 e. The van der Waals surface area contributed by atoms with Crippen LogP contribution in [0.1, 0.15) is 152 Å². The zero-order valence-electron chi connectivity index (χ0n) is 86.8. The fourth-order valence-electron chi connectivity index (χ4n) is 10.7. The lowest BCUT2D eigenvalue weighted by atomic mass is 10.0. The van der Waals surface area contributed by atoms with Crippen LogP contribution >= 0.6 is 80.1 Å². The van der Waals surface area contributed by atoms with Crippen LogP contribution in [-0.2, 0) is 26.1 Å². The topological polar surface area (TPSA) is 274 Å². The normalized spacial score (nSPS) is 22.7. The van der Waals surface area contributed by atoms with Gasteiger partial charge in [-0.3, -0.25) is 19.6 Å². The molecule has 3 unspecified atom stereocenters. The lowest BCUT2D eigenvalue weighted by Crippen LogP contribution is -2.38. The number of nitrogens with one attached hydrogen (secondary N) is 4. The number of hydrogen-bond donors (Lipinski definition) is 4. The van der Waals surface area contributed by atoms with Gasteiger partial charge in [-0.1, -0.05) is 108 Å². The molecule has 0 saturated carbocycles. The summed E-state index contributed by atoms with van der Waals surface area (Å²) in [6, 6.07) is -5.52. The number of nitrogens with zero attached hydrogens (tertiary/aromatic N) is 18. The number of thiazole rings is 3. The number of hydrogen-bond acceptors (Lipinski definition) is 26. The Hall–Kier alpha value is -9.00. The Morgan fingerprint density at radius 3 is 1.62 bits per heavy atom. The summed E-state index contributed by atoms with van der Waals surface area (Å²) in [6.45, 7) is -3.27. The van der Waals surface area contributed by atoms with Crippen LogP contribution in [0.5, 0.6) is 0 Å². The van der Waals surface area contributed by atoms with Crippen molar-refractivity contribution in [2.24, 2.45) is 0 Å². The van der Waals surface area contributed by atoms with Gasteiger partial charge >= 0.3 is 0 Å². The predicted molar refractivity (Wildman–Crippen MR) is 420 cm³/mol. The SMILES string of the molecule is [2H]c1c([2H])c(C([2H])N2CCC([2H])(N([2H])c3ncnc4nc(C([2H])(C)C)sc34)CC2)c([2H])c(C#N)c1F.[2H]c1cc([2H])c(C([2H])([2H])N2CC([2H])([2H])C([2H])(N([2H])c3ncnc4sc(Cl)c([2H])c34)C([2H])([2H])C2)c([2H])c1F.[2H]c1nc(N([2H])C2CCN(C([2H])c3c([2H])c([2H])c(F)c(C#N)c3[2H])CC2)c2sc(Cl)nc2n1.[2H]c1nc(N([2H])C2CCN(C([2H])c3c([2H])cc([2H])c(C#N)c3[2H])CC2)c2sc(Cl)nc2n1. The van der Waals surface area contributed by atoms with Crippen LogP contribution in [0.25, 0.3) is 41.3 Å². The lowest BCUT2D eigenvalue weighted by molar-refractivity contribution is 0.211. The number of piperidine rings is 4. The van der Waals surface area contributed by atoms with Gasteiger partial charge in [0, 0.05) is 122 Å². The first-order valence-corrected chi connectivity index (χ1v) is 36.6. The highest BCUT2D eigenvalue weighted by atomic mass is 35.5. The molecule has 550 valence electrons. The first-order chi connectivity index (χ1) is 64.5. The van der Waals surface area contributed by atoms with E-state index in [-0.39, 0.29) is 155 Å². The molecule has 0 aliphatic carbocycles. The molecule has 22 nitrogen and oxygen atoms in total. The highest BCUT2D eigenvalue weighted by Crippen LogP contribution is 2.36. The second-order valence-electron chi connectivity index (χ2n) is 23.3. The van der Waals surface area contributed by atoms with Gasteiger partial charge in [0.15, 0.2) is 31.5 Å². The second kappa shape index (κ2) is 36.3. The summed E-state index contributed by atoms with van der Waals surface area (Å²) >= 11 is 22.3. The average Bonchev–Trinajstić information content (AvgIpc) is 0.865. The quantitative estimate of drug-likeness (QED) is 0.0659. The number of nitriles is 3. The van der Waals surface area contributed by atoms with Gasteiger partial charge in [-0.2, -0.15) is 15.8 Å². The monoisotopic (exact) mass is 1600 g/mol. The zero-order chi connectivity index (χ0) is 102. The van der Waals surface area contributed by atoms with Crippen LogP contribution in [0.4, 0.5) is 36.4 Å². The number of fused-ring (bicyclic) bond motifs is 4. The lowest BCUT2D eigenvalue weighted by Gasteiger charge is -2.32. The van der Waals surface area contributed by atoms with Gasteiger partial charge in [-0.15, -0.1) is 22.7 Å². The van der Waals surface area contributed by atoms with Crippen LogP contribution in [-0.4, -0.2) is 151 Å². The fraction of sp³-hybridized carbons (Fsp3) is 0.360. The maximum atomic E-state index is 14.3. The van der Waals surface area contributed by atoms with E-state index in [9.17, 15) is 23.7 Å². The molecule has 4 saturated heterocycles. The largest absolute Gasteiger partial charge is 0.367 e. The standard InChI is InChI=1S/C21H23FN6S.C18H16ClFN6S.C18H18ClFN4S.C18H17ClN6S/c1-13(2)21-27-20-18(29-21)19(24-12-25-20)26-16-5-7-28(8-6-16)11-14-3-4-17(22)15(9-14)10-23;19-18-25-17-15(27-18)16(22-10-23-17)24-13-3-5-26(6-4-13)9-11-1-2-14(20)12(7-11)8-21;19-16-9-15-17(21-11-22-18(15)25-16)23-14-4-6-24(7-5-14)10-12-2-1-3-13(20)8-12;19-18-24-17-15(26-18)16(21-11-22-17)23-14-4-6-25(7-5-14)10-13-3-1-2-12(8-13)9-20/h3-4,9,12-13,16H,5-8,11H2,1-2H3,(H,24,25,26);1-2,7,10,13H,3-6,9H2,(H,22,23,24);1-3,8-9,11,14H,4-7,10H2,(H,21,22,23);1-3,8,11,14H,4-7,10H2,(H,21,22,23)/i3D,4D,9D,11D,13D,16D;1D,2D,7D,9D,10D;2D,3D,4D2,5D2,8D,9D,10D2,14D;2D,3D,8D,10D,11D/hD4. The van der Waals surface area contributed by atoms with E-state index in [0.29, 0.717) is 87.6 Å². The molecule has 4 N–H and O–H groups in total. The molecule has 32 heteroatoms. The highest BCUT2D eigenvalue weighted by molar-refractivity contribution is 7.23. The number of aromatic nitrogens is 11. The molecule has 4 fully saturated rings. The summed E-state index contributed by atoms with van der Waals surface area (Å²) < 4.78 is 301. The van der Waals surface area contributed by atoms with E-state index >= 15 is 0 Å². The summed E-state index contributed by atoms with van der Waals surface area (Å²) in [5.41, 5.74) is -1.69. The maximum Gasteiger partial charge on any atom is 0.186 e. The summed E-state index contributed by atoms with van der Waals surface area (Å²) in [5.74, 6) is -4.54. The Labute approximate surface area is 691 Å². The Kier molecular flexibility index (Phi) is 15.7. The first-order valence-electron chi connectivity index (χ1n) is 47.7. The van der Waals surface area contributed by atoms with E-state index in [1.54, 1.807) is 40.7 Å². The van der Waals surface area contributed by atoms with Crippen molar-refractivity contribution in [1.82, 2.24) is 74.4 Å². The highest BCUT2D eigenvalue weighted by Gasteiger charge is 2.27. The number of anilines is 4. The first kappa shape index (κ1) is 46.4. The summed E-state index contributed by atoms with van der Waals surface area (Å²) in [6.07, 6.45) is -2.10. The van der Waals surface area contributed by atoms with E-state index in [1.165, 1.54) is 34.4 Å². The third-order valence-corrected chi connectivity index (χ3v) is 20.5. The molecular formula is C75H74Cl3F3N22S4. The molecule has 8 aromatic heterocycles. The molecule has 12 aromatic rings. The van der Waals surface area contributed by atoms with Gasteiger partial charge < -0.3 is 21.2 Å². The molecule has 0 bridgehead atoms. The predicted octanol–water partition coefficient (Wildman–Crippen LogP) is 16.4. The van der Waals surface area contributed by atoms with Crippen molar-refractivity contribution >= 4 is 145 Å². The van der Waals surface area contributed by atoms with Crippen molar-refractivity contribution in [2.75, 3.05) is 73.6 Å². The average molecular weight is 1610 g/mol. The van der Waals surface area contributed by atoms with Crippen LogP contribution in [0.2, 0.25) is 18.9 Å². The van der Waals surface area contributed by atoms with Crippen LogP contribution < -0.4 is 21.2 Å². The molecule has 4 aromatic carbocycles. The van der Waals surface area contributed by atoms with Crippen molar-refractivity contribution in [3.8, 4) is 18.2 Å². The number of benzene rings is 4. The third-order valence-electron chi connectivity index (χ3n) is 15.8. The van der Waals surface area contributed by atoms with E-state index in [4.69, 9.17) is 82.7 Å². The Balaban J connectivity index is 0.000000156. The van der Waals surface area contributed by atoms with Gasteiger partial charge in [-0.25, -0.2) is 68.0 Å². The van der Waals surface area contributed by atoms with E-state index in [2.05, 4.69) is 54.8 Å². The van der Waals surface area contributed by atoms with Crippen LogP contribution in [0.3, 0.4) is 0 Å². The van der Waals surface area contributed by atoms with Crippen molar-refractivity contribution < 1.29 is 55.8 Å². The minimum atomic E-state index is -3.04. The molecule has 4 aliphatic rings. The van der Waals surface area contributed by atoms with Crippen molar-refractivity contribution in [2.45, 2.75) is 121 Å². The molecule has 0 spiro atoms. The molecule has 0 radical (unpaired) electrons. The number of rotatable bonds is 17. The van der Waals surface area contributed by atoms with Crippen molar-refractivity contribution in [3.05, 3.63) is 191 Å². The molecule has 12 heterocycles. The number of likely N-dealkylation sites (tertiary alicyclic amines) is 4. The Morgan fingerprint density at radius 1 is 0.542 bits per heavy atom. The molecule has 4 aliphatic heterocycles. The van der Waals surface area contributed by atoms with Gasteiger partial charge in [-0.05, 0) is 128 Å². The molecule has 3 atom stereocenters. The molecule has 0 amide bonds. The zero-order valence-corrected chi connectivity index (χ0v) is 61.4. The fourth-order valence-corrected chi connectivity index (χ4v) is 14.5. The summed E-state index contributed by atoms with van der Waals surface area (Å²) in [5, 5.41) is 31.6. The molecule has 16 rings (SSSR count). The third kappa shape index (κ3) is 20.4. The van der Waals surface area contributed by atoms with Gasteiger partial charge in [0.2, 0.25) is 0 Å². The van der Waals surface area contributed by atoms with Crippen LogP contribution in [0, 0.1) is 51.4 Å². The van der Waals surface area contributed by atoms with Crippen molar-refractivity contribution in [1.29, 1.82) is 15.8 Å². The minimum absolute atomic E-state index is 0.00143. The van der Waals surface area contributed by atoms with E-state index in [1.807, 2.05) is 6.07 Å². The minimum Gasteiger partial charge on any atom is -0.367 e. The number of thiophene rings is 1. The summed E-state index contributed by atoms with van der Waals surface area (Å²) in [7, 11) is 0. The summed E-state index contributed by atoms with van der Waals surface area (Å²) in [4.78, 5) is 50.5. The van der Waals surface area contributed by atoms with E-state index in [0.717, 1.165) is 45.6 Å². The van der Waals surface area contributed by atoms with Gasteiger partial charge in [0.25, 0.3) is 0 Å². The Bertz CT molecular complexity index is 6860.